The minimum absolute atomic E-state index is 0.0165. The van der Waals surface area contributed by atoms with Crippen molar-refractivity contribution in [1.29, 1.82) is 5.53 Å². The summed E-state index contributed by atoms with van der Waals surface area (Å²) in [6.45, 7) is 0. The van der Waals surface area contributed by atoms with Crippen molar-refractivity contribution in [2.45, 2.75) is 0 Å². The first-order chi connectivity index (χ1) is 7.81. The predicted molar refractivity (Wildman–Crippen MR) is 61.1 cm³/mol. The van der Waals surface area contributed by atoms with Gasteiger partial charge in [-0.25, -0.2) is 5.53 Å². The first-order valence-corrected chi connectivity index (χ1v) is 4.88. The quantitative estimate of drug-likeness (QED) is 0.611. The van der Waals surface area contributed by atoms with Gasteiger partial charge >= 0.3 is 0 Å². The maximum absolute atomic E-state index is 12.0. The van der Waals surface area contributed by atoms with Crippen molar-refractivity contribution in [2.24, 2.45) is 5.11 Å². The molecule has 1 N–H and O–H groups in total. The summed E-state index contributed by atoms with van der Waals surface area (Å²) in [5.74, 6) is -0.0165. The number of carbonyl (C=O) groups excluding carboxylic acids is 1. The number of nitrogens with zero attached hydrogens (tertiary/aromatic N) is 1. The number of ketones is 1. The van der Waals surface area contributed by atoms with E-state index in [0.29, 0.717) is 16.8 Å². The van der Waals surface area contributed by atoms with E-state index < -0.39 is 0 Å². The lowest BCUT2D eigenvalue weighted by Crippen LogP contribution is -1.99. The molecular formula is C13H10N2O. The van der Waals surface area contributed by atoms with Crippen molar-refractivity contribution >= 4 is 11.5 Å². The molecule has 0 amide bonds. The lowest BCUT2D eigenvalue weighted by molar-refractivity contribution is 0.103. The molecule has 78 valence electrons. The van der Waals surface area contributed by atoms with Gasteiger partial charge in [0.1, 0.15) is 0 Å². The van der Waals surface area contributed by atoms with Crippen molar-refractivity contribution < 1.29 is 4.79 Å². The van der Waals surface area contributed by atoms with Crippen molar-refractivity contribution in [1.82, 2.24) is 0 Å². The van der Waals surface area contributed by atoms with E-state index in [1.165, 1.54) is 0 Å². The van der Waals surface area contributed by atoms with E-state index in [-0.39, 0.29) is 5.78 Å². The molecule has 0 aliphatic heterocycles. The number of benzene rings is 2. The summed E-state index contributed by atoms with van der Waals surface area (Å²) in [5, 5.41) is 3.28. The maximum atomic E-state index is 12.0. The summed E-state index contributed by atoms with van der Waals surface area (Å²) in [5.41, 5.74) is 8.65. The number of hydrogen-bond donors (Lipinski definition) is 1. The fraction of sp³-hybridized carbons (Fsp3) is 0. The third-order valence-electron chi connectivity index (χ3n) is 2.29. The van der Waals surface area contributed by atoms with E-state index in [9.17, 15) is 4.79 Å². The average Bonchev–Trinajstić information content (AvgIpc) is 2.39. The van der Waals surface area contributed by atoms with Crippen molar-refractivity contribution in [3.8, 4) is 0 Å². The SMILES string of the molecule is N=Nc1ccc(C(=O)c2ccccc2)cc1. The summed E-state index contributed by atoms with van der Waals surface area (Å²) in [7, 11) is 0. The molecule has 3 heteroatoms. The Hall–Kier alpha value is -2.29. The van der Waals surface area contributed by atoms with Gasteiger partial charge < -0.3 is 0 Å². The van der Waals surface area contributed by atoms with Gasteiger partial charge in [-0.2, -0.15) is 5.11 Å². The standard InChI is InChI=1S/C13H10N2O/c14-15-12-8-6-11(7-9-12)13(16)10-4-2-1-3-5-10/h1-9,14H. The zero-order valence-electron chi connectivity index (χ0n) is 8.55. The fourth-order valence-corrected chi connectivity index (χ4v) is 1.44. The van der Waals surface area contributed by atoms with Crippen LogP contribution in [0.5, 0.6) is 0 Å². The first kappa shape index (κ1) is 10.2. The second kappa shape index (κ2) is 4.49. The lowest BCUT2D eigenvalue weighted by atomic mass is 10.0. The minimum Gasteiger partial charge on any atom is -0.289 e. The largest absolute Gasteiger partial charge is 0.289 e. The molecule has 2 aromatic carbocycles. The Morgan fingerprint density at radius 2 is 1.44 bits per heavy atom. The van der Waals surface area contributed by atoms with Crippen LogP contribution in [0.2, 0.25) is 0 Å². The molecule has 16 heavy (non-hydrogen) atoms. The Kier molecular flexibility index (Phi) is 2.87. The molecule has 0 aliphatic carbocycles. The Balaban J connectivity index is 2.31. The van der Waals surface area contributed by atoms with Crippen LogP contribution in [0.3, 0.4) is 0 Å². The summed E-state index contributed by atoms with van der Waals surface area (Å²) in [6.07, 6.45) is 0. The monoisotopic (exact) mass is 210 g/mol. The zero-order chi connectivity index (χ0) is 11.4. The molecule has 0 aromatic heterocycles. The average molecular weight is 210 g/mol. The highest BCUT2D eigenvalue weighted by Gasteiger charge is 2.07. The van der Waals surface area contributed by atoms with E-state index in [1.54, 1.807) is 36.4 Å². The van der Waals surface area contributed by atoms with E-state index in [2.05, 4.69) is 5.11 Å². The van der Waals surface area contributed by atoms with E-state index in [1.807, 2.05) is 18.2 Å². The fourth-order valence-electron chi connectivity index (χ4n) is 1.44. The Bertz CT molecular complexity index is 503. The van der Waals surface area contributed by atoms with E-state index >= 15 is 0 Å². The maximum Gasteiger partial charge on any atom is 0.193 e. The molecule has 0 heterocycles. The molecule has 0 bridgehead atoms. The van der Waals surface area contributed by atoms with Crippen LogP contribution in [0.25, 0.3) is 0 Å². The van der Waals surface area contributed by atoms with Gasteiger partial charge in [0.05, 0.1) is 5.69 Å². The van der Waals surface area contributed by atoms with Crippen molar-refractivity contribution in [2.75, 3.05) is 0 Å². The molecule has 2 aromatic rings. The van der Waals surface area contributed by atoms with Crippen LogP contribution < -0.4 is 0 Å². The zero-order valence-corrected chi connectivity index (χ0v) is 8.55. The Morgan fingerprint density at radius 1 is 0.875 bits per heavy atom. The van der Waals surface area contributed by atoms with Gasteiger partial charge in [0, 0.05) is 11.1 Å². The summed E-state index contributed by atoms with van der Waals surface area (Å²) in [4.78, 5) is 12.0. The van der Waals surface area contributed by atoms with Gasteiger partial charge in [0.15, 0.2) is 5.78 Å². The van der Waals surface area contributed by atoms with E-state index in [4.69, 9.17) is 5.53 Å². The van der Waals surface area contributed by atoms with Crippen LogP contribution in [-0.4, -0.2) is 5.78 Å². The van der Waals surface area contributed by atoms with Crippen LogP contribution in [-0.2, 0) is 0 Å². The number of hydrogen-bond acceptors (Lipinski definition) is 3. The van der Waals surface area contributed by atoms with E-state index in [0.717, 1.165) is 0 Å². The summed E-state index contributed by atoms with van der Waals surface area (Å²) in [6, 6.07) is 15.8. The molecule has 0 atom stereocenters. The topological polar surface area (TPSA) is 53.3 Å². The van der Waals surface area contributed by atoms with Crippen LogP contribution in [0, 0.1) is 5.53 Å². The van der Waals surface area contributed by atoms with Crippen LogP contribution >= 0.6 is 0 Å². The number of nitrogens with one attached hydrogen (secondary N) is 1. The number of rotatable bonds is 3. The van der Waals surface area contributed by atoms with Gasteiger partial charge in [0.25, 0.3) is 0 Å². The van der Waals surface area contributed by atoms with Crippen molar-refractivity contribution in [3.05, 3.63) is 65.7 Å². The third-order valence-corrected chi connectivity index (χ3v) is 2.29. The predicted octanol–water partition coefficient (Wildman–Crippen LogP) is 3.58. The van der Waals surface area contributed by atoms with Crippen LogP contribution in [0.1, 0.15) is 15.9 Å². The molecule has 2 rings (SSSR count). The highest BCUT2D eigenvalue weighted by atomic mass is 16.1. The minimum atomic E-state index is -0.0165. The third kappa shape index (κ3) is 2.03. The summed E-state index contributed by atoms with van der Waals surface area (Å²) < 4.78 is 0. The normalized spacial score (nSPS) is 9.75. The Morgan fingerprint density at radius 3 is 2.00 bits per heavy atom. The first-order valence-electron chi connectivity index (χ1n) is 4.88. The number of carbonyl (C=O) groups is 1. The highest BCUT2D eigenvalue weighted by molar-refractivity contribution is 6.09. The van der Waals surface area contributed by atoms with Gasteiger partial charge in [-0.1, -0.05) is 30.3 Å². The molecule has 0 spiro atoms. The van der Waals surface area contributed by atoms with Gasteiger partial charge in [-0.15, -0.1) is 0 Å². The Labute approximate surface area is 93.3 Å². The molecule has 0 radical (unpaired) electrons. The molecule has 0 saturated carbocycles. The molecule has 0 saturated heterocycles. The van der Waals surface area contributed by atoms with Gasteiger partial charge in [0.2, 0.25) is 0 Å². The van der Waals surface area contributed by atoms with Crippen LogP contribution in [0.4, 0.5) is 5.69 Å². The van der Waals surface area contributed by atoms with Gasteiger partial charge in [-0.05, 0) is 24.3 Å². The summed E-state index contributed by atoms with van der Waals surface area (Å²) >= 11 is 0. The molecule has 0 fully saturated rings. The smallest absolute Gasteiger partial charge is 0.193 e. The molecule has 0 aliphatic rings. The van der Waals surface area contributed by atoms with Crippen molar-refractivity contribution in [3.63, 3.8) is 0 Å². The second-order valence-electron chi connectivity index (χ2n) is 3.35. The van der Waals surface area contributed by atoms with Crippen LogP contribution in [0.15, 0.2) is 59.7 Å². The second-order valence-corrected chi connectivity index (χ2v) is 3.35. The lowest BCUT2D eigenvalue weighted by Gasteiger charge is -2.00. The molecular weight excluding hydrogens is 200 g/mol. The molecule has 3 nitrogen and oxygen atoms in total. The highest BCUT2D eigenvalue weighted by Crippen LogP contribution is 2.15. The van der Waals surface area contributed by atoms with Gasteiger partial charge in [-0.3, -0.25) is 4.79 Å². The molecule has 0 unspecified atom stereocenters.